The minimum absolute atomic E-state index is 0.0886. The summed E-state index contributed by atoms with van der Waals surface area (Å²) in [6.07, 6.45) is 2.37. The van der Waals surface area contributed by atoms with Crippen molar-refractivity contribution in [3.05, 3.63) is 29.8 Å². The van der Waals surface area contributed by atoms with E-state index in [1.165, 1.54) is 12.8 Å². The van der Waals surface area contributed by atoms with Crippen LogP contribution in [0.5, 0.6) is 0 Å². The quantitative estimate of drug-likeness (QED) is 0.844. The van der Waals surface area contributed by atoms with Gasteiger partial charge in [-0.15, -0.1) is 0 Å². The molecule has 1 amide bonds. The molecule has 1 aromatic rings. The maximum Gasteiger partial charge on any atom is 0.238 e. The number of piperidine rings is 1. The lowest BCUT2D eigenvalue weighted by Gasteiger charge is -2.31. The highest BCUT2D eigenvalue weighted by atomic mass is 16.2. The minimum atomic E-state index is 0.0886. The number of anilines is 1. The first-order valence-electron chi connectivity index (χ1n) is 7.97. The number of amides is 1. The van der Waals surface area contributed by atoms with Crippen LogP contribution in [-0.2, 0) is 4.79 Å². The van der Waals surface area contributed by atoms with Gasteiger partial charge in [-0.3, -0.25) is 9.69 Å². The van der Waals surface area contributed by atoms with Crippen LogP contribution >= 0.6 is 0 Å². The zero-order valence-corrected chi connectivity index (χ0v) is 13.2. The molecule has 4 heteroatoms. The van der Waals surface area contributed by atoms with Gasteiger partial charge in [0.2, 0.25) is 5.91 Å². The molecule has 1 fully saturated rings. The number of benzene rings is 1. The van der Waals surface area contributed by atoms with Gasteiger partial charge >= 0.3 is 0 Å². The Balaban J connectivity index is 1.72. The molecule has 21 heavy (non-hydrogen) atoms. The fraction of sp³-hybridized carbons (Fsp3) is 0.588. The standard InChI is InChI=1S/C17H27N3O/c1-3-18-12-15-7-9-20(10-8-15)13-17(21)19-16-6-4-5-14(2)11-16/h4-6,11,15,18H,3,7-10,12-13H2,1-2H3,(H,19,21). The smallest absolute Gasteiger partial charge is 0.238 e. The third-order valence-electron chi connectivity index (χ3n) is 4.06. The highest BCUT2D eigenvalue weighted by Crippen LogP contribution is 2.16. The van der Waals surface area contributed by atoms with Gasteiger partial charge in [0.1, 0.15) is 0 Å². The molecule has 1 heterocycles. The molecule has 0 atom stereocenters. The van der Waals surface area contributed by atoms with Crippen molar-refractivity contribution in [2.24, 2.45) is 5.92 Å². The molecular weight excluding hydrogens is 262 g/mol. The van der Waals surface area contributed by atoms with Crippen LogP contribution in [0.25, 0.3) is 0 Å². The summed E-state index contributed by atoms with van der Waals surface area (Å²) in [5.41, 5.74) is 2.05. The molecule has 1 aromatic carbocycles. The van der Waals surface area contributed by atoms with Crippen molar-refractivity contribution < 1.29 is 4.79 Å². The second-order valence-corrected chi connectivity index (χ2v) is 5.94. The van der Waals surface area contributed by atoms with Crippen LogP contribution in [0.3, 0.4) is 0 Å². The van der Waals surface area contributed by atoms with Crippen LogP contribution in [0, 0.1) is 12.8 Å². The maximum atomic E-state index is 12.1. The Hall–Kier alpha value is -1.39. The van der Waals surface area contributed by atoms with Crippen molar-refractivity contribution >= 4 is 11.6 Å². The highest BCUT2D eigenvalue weighted by molar-refractivity contribution is 5.92. The van der Waals surface area contributed by atoms with Gasteiger partial charge in [0.05, 0.1) is 6.54 Å². The van der Waals surface area contributed by atoms with Crippen molar-refractivity contribution in [3.8, 4) is 0 Å². The van der Waals surface area contributed by atoms with Crippen LogP contribution in [0.4, 0.5) is 5.69 Å². The first kappa shape index (κ1) is 16.0. The van der Waals surface area contributed by atoms with E-state index in [2.05, 4.69) is 22.5 Å². The summed E-state index contributed by atoms with van der Waals surface area (Å²) in [4.78, 5) is 14.3. The molecule has 0 radical (unpaired) electrons. The molecule has 4 nitrogen and oxygen atoms in total. The van der Waals surface area contributed by atoms with Crippen molar-refractivity contribution in [1.82, 2.24) is 10.2 Å². The molecule has 0 aromatic heterocycles. The lowest BCUT2D eigenvalue weighted by molar-refractivity contribution is -0.117. The molecule has 0 aliphatic carbocycles. The molecule has 2 rings (SSSR count). The lowest BCUT2D eigenvalue weighted by Crippen LogP contribution is -2.41. The van der Waals surface area contributed by atoms with Crippen LogP contribution in [0.1, 0.15) is 25.3 Å². The van der Waals surface area contributed by atoms with Gasteiger partial charge in [-0.25, -0.2) is 0 Å². The van der Waals surface area contributed by atoms with Gasteiger partial charge in [0, 0.05) is 5.69 Å². The number of hydrogen-bond donors (Lipinski definition) is 2. The number of carbonyl (C=O) groups excluding carboxylic acids is 1. The Morgan fingerprint density at radius 3 is 2.76 bits per heavy atom. The van der Waals surface area contributed by atoms with Gasteiger partial charge < -0.3 is 10.6 Å². The number of hydrogen-bond acceptors (Lipinski definition) is 3. The van der Waals surface area contributed by atoms with E-state index in [1.54, 1.807) is 0 Å². The molecule has 2 N–H and O–H groups in total. The number of aryl methyl sites for hydroxylation is 1. The van der Waals surface area contributed by atoms with E-state index < -0.39 is 0 Å². The highest BCUT2D eigenvalue weighted by Gasteiger charge is 2.20. The van der Waals surface area contributed by atoms with Crippen molar-refractivity contribution in [1.29, 1.82) is 0 Å². The molecule has 1 aliphatic heterocycles. The van der Waals surface area contributed by atoms with Crippen LogP contribution in [0.2, 0.25) is 0 Å². The number of rotatable bonds is 6. The van der Waals surface area contributed by atoms with Crippen molar-refractivity contribution in [2.45, 2.75) is 26.7 Å². The molecule has 0 saturated carbocycles. The summed E-state index contributed by atoms with van der Waals surface area (Å²) in [5, 5.41) is 6.40. The number of likely N-dealkylation sites (tertiary alicyclic amines) is 1. The summed E-state index contributed by atoms with van der Waals surface area (Å²) in [6.45, 7) is 8.88. The molecule has 0 bridgehead atoms. The van der Waals surface area contributed by atoms with Gasteiger partial charge in [-0.2, -0.15) is 0 Å². The Morgan fingerprint density at radius 1 is 1.33 bits per heavy atom. The third kappa shape index (κ3) is 5.48. The van der Waals surface area contributed by atoms with E-state index in [0.717, 1.165) is 43.3 Å². The number of carbonyl (C=O) groups is 1. The Labute approximate surface area is 127 Å². The van der Waals surface area contributed by atoms with E-state index in [4.69, 9.17) is 0 Å². The van der Waals surface area contributed by atoms with Crippen LogP contribution < -0.4 is 10.6 Å². The van der Waals surface area contributed by atoms with Gasteiger partial charge in [-0.05, 0) is 69.6 Å². The number of nitrogens with one attached hydrogen (secondary N) is 2. The Kier molecular flexibility index (Phi) is 6.21. The summed E-state index contributed by atoms with van der Waals surface area (Å²) >= 11 is 0. The lowest BCUT2D eigenvalue weighted by atomic mass is 9.97. The van der Waals surface area contributed by atoms with Crippen LogP contribution in [-0.4, -0.2) is 43.5 Å². The molecule has 1 aliphatic rings. The normalized spacial score (nSPS) is 16.9. The Bertz CT molecular complexity index is 453. The fourth-order valence-electron chi connectivity index (χ4n) is 2.82. The second kappa shape index (κ2) is 8.15. The summed E-state index contributed by atoms with van der Waals surface area (Å²) in [7, 11) is 0. The van der Waals surface area contributed by atoms with E-state index in [9.17, 15) is 4.79 Å². The predicted molar refractivity (Wildman–Crippen MR) is 87.5 cm³/mol. The maximum absolute atomic E-state index is 12.1. The summed E-state index contributed by atoms with van der Waals surface area (Å²) in [5.74, 6) is 0.853. The van der Waals surface area contributed by atoms with Crippen molar-refractivity contribution in [3.63, 3.8) is 0 Å². The summed E-state index contributed by atoms with van der Waals surface area (Å²) < 4.78 is 0. The van der Waals surface area contributed by atoms with Crippen molar-refractivity contribution in [2.75, 3.05) is 38.0 Å². The first-order valence-corrected chi connectivity index (χ1v) is 7.97. The number of nitrogens with zero attached hydrogens (tertiary/aromatic N) is 1. The van der Waals surface area contributed by atoms with E-state index in [-0.39, 0.29) is 5.91 Å². The van der Waals surface area contributed by atoms with E-state index >= 15 is 0 Å². The van der Waals surface area contributed by atoms with E-state index in [0.29, 0.717) is 6.54 Å². The second-order valence-electron chi connectivity index (χ2n) is 5.94. The Morgan fingerprint density at radius 2 is 2.10 bits per heavy atom. The minimum Gasteiger partial charge on any atom is -0.325 e. The van der Waals surface area contributed by atoms with Crippen LogP contribution in [0.15, 0.2) is 24.3 Å². The summed E-state index contributed by atoms with van der Waals surface area (Å²) in [6, 6.07) is 7.94. The predicted octanol–water partition coefficient (Wildman–Crippen LogP) is 2.26. The molecule has 0 spiro atoms. The molecule has 116 valence electrons. The average Bonchev–Trinajstić information content (AvgIpc) is 2.46. The topological polar surface area (TPSA) is 44.4 Å². The fourth-order valence-corrected chi connectivity index (χ4v) is 2.82. The SMILES string of the molecule is CCNCC1CCN(CC(=O)Nc2cccc(C)c2)CC1. The van der Waals surface area contributed by atoms with Gasteiger partial charge in [0.25, 0.3) is 0 Å². The molecular formula is C17H27N3O. The zero-order valence-electron chi connectivity index (χ0n) is 13.2. The third-order valence-corrected chi connectivity index (χ3v) is 4.06. The zero-order chi connectivity index (χ0) is 15.1. The molecule has 0 unspecified atom stereocenters. The van der Waals surface area contributed by atoms with E-state index in [1.807, 2.05) is 31.2 Å². The average molecular weight is 289 g/mol. The first-order chi connectivity index (χ1) is 10.2. The van der Waals surface area contributed by atoms with Gasteiger partial charge in [-0.1, -0.05) is 19.1 Å². The van der Waals surface area contributed by atoms with Gasteiger partial charge in [0.15, 0.2) is 0 Å². The largest absolute Gasteiger partial charge is 0.325 e. The molecule has 1 saturated heterocycles. The monoisotopic (exact) mass is 289 g/mol.